The van der Waals surface area contributed by atoms with Gasteiger partial charge in [0.1, 0.15) is 5.57 Å². The highest BCUT2D eigenvalue weighted by Gasteiger charge is 2.37. The van der Waals surface area contributed by atoms with Crippen LogP contribution >= 0.6 is 7.92 Å². The zero-order valence-corrected chi connectivity index (χ0v) is 17.8. The van der Waals surface area contributed by atoms with E-state index in [0.29, 0.717) is 11.7 Å². The number of ether oxygens (including phenoxy) is 1. The van der Waals surface area contributed by atoms with Crippen LogP contribution in [0.25, 0.3) is 5.57 Å². The van der Waals surface area contributed by atoms with E-state index in [9.17, 15) is 18.3 Å². The Bertz CT molecular complexity index is 1020. The van der Waals surface area contributed by atoms with Gasteiger partial charge in [0.05, 0.1) is 6.61 Å². The standard InChI is InChI=1S/C25H21F3O2P/c1-2-30-24(29)17-23(25(26,27)28)22-16-10-9-11-19(22)18-31(20-12-5-3-6-13-20)21-14-7-4-8-15-21/h3-16H,2,18H2,1H3. The third-order valence-electron chi connectivity index (χ3n) is 4.54. The van der Waals surface area contributed by atoms with Gasteiger partial charge in [-0.15, -0.1) is 0 Å². The first-order valence-corrected chi connectivity index (χ1v) is 11.3. The van der Waals surface area contributed by atoms with Crippen molar-refractivity contribution in [3.8, 4) is 0 Å². The van der Waals surface area contributed by atoms with Crippen LogP contribution in [0.15, 0.2) is 96.6 Å². The molecule has 0 atom stereocenters. The van der Waals surface area contributed by atoms with Crippen molar-refractivity contribution in [2.24, 2.45) is 0 Å². The monoisotopic (exact) mass is 441 g/mol. The van der Waals surface area contributed by atoms with Gasteiger partial charge in [-0.05, 0) is 42.3 Å². The third kappa shape index (κ3) is 6.01. The van der Waals surface area contributed by atoms with Gasteiger partial charge in [0.15, 0.2) is 0 Å². The predicted octanol–water partition coefficient (Wildman–Crippen LogP) is 6.17. The van der Waals surface area contributed by atoms with Crippen LogP contribution in [0.2, 0.25) is 0 Å². The third-order valence-corrected chi connectivity index (χ3v) is 7.04. The maximum Gasteiger partial charge on any atom is 0.424 e. The molecule has 0 aromatic heterocycles. The Kier molecular flexibility index (Phi) is 7.57. The van der Waals surface area contributed by atoms with Gasteiger partial charge >= 0.3 is 12.1 Å². The molecule has 0 aliphatic heterocycles. The van der Waals surface area contributed by atoms with E-state index in [4.69, 9.17) is 0 Å². The quantitative estimate of drug-likeness (QED) is 0.245. The lowest BCUT2D eigenvalue weighted by atomic mass is 10.0. The molecule has 3 aromatic rings. The van der Waals surface area contributed by atoms with Crippen molar-refractivity contribution in [3.05, 3.63) is 108 Å². The molecule has 1 radical (unpaired) electrons. The fraction of sp³-hybridized carbons (Fsp3) is 0.160. The molecule has 0 N–H and O–H groups in total. The summed E-state index contributed by atoms with van der Waals surface area (Å²) < 4.78 is 46.3. The first-order chi connectivity index (χ1) is 14.9. The summed E-state index contributed by atoms with van der Waals surface area (Å²) in [4.78, 5) is 0. The molecule has 3 aromatic carbocycles. The number of benzene rings is 3. The number of hydrogen-bond donors (Lipinski definition) is 0. The average Bonchev–Trinajstić information content (AvgIpc) is 2.77. The first-order valence-electron chi connectivity index (χ1n) is 9.74. The molecular weight excluding hydrogens is 420 g/mol. The summed E-state index contributed by atoms with van der Waals surface area (Å²) in [5.74, 6) is -1.13. The Hall–Kier alpha value is -3.00. The molecule has 0 amide bonds. The van der Waals surface area contributed by atoms with Crippen molar-refractivity contribution < 1.29 is 23.0 Å². The minimum Gasteiger partial charge on any atom is -0.457 e. The van der Waals surface area contributed by atoms with E-state index in [0.717, 1.165) is 10.6 Å². The van der Waals surface area contributed by atoms with Crippen molar-refractivity contribution in [1.29, 1.82) is 0 Å². The maximum absolute atomic E-state index is 13.9. The lowest BCUT2D eigenvalue weighted by Gasteiger charge is -2.21. The Labute approximate surface area is 181 Å². The largest absolute Gasteiger partial charge is 0.457 e. The van der Waals surface area contributed by atoms with Gasteiger partial charge in [0.25, 0.3) is 0 Å². The highest BCUT2D eigenvalue weighted by molar-refractivity contribution is 7.72. The van der Waals surface area contributed by atoms with Gasteiger partial charge in [0, 0.05) is 6.16 Å². The lowest BCUT2D eigenvalue weighted by Crippen LogP contribution is -2.15. The van der Waals surface area contributed by atoms with E-state index in [1.165, 1.54) is 19.1 Å². The minimum atomic E-state index is -4.74. The fourth-order valence-corrected chi connectivity index (χ4v) is 5.52. The van der Waals surface area contributed by atoms with Gasteiger partial charge in [-0.3, -0.25) is 0 Å². The van der Waals surface area contributed by atoms with Gasteiger partial charge < -0.3 is 4.74 Å². The smallest absolute Gasteiger partial charge is 0.424 e. The lowest BCUT2D eigenvalue weighted by molar-refractivity contribution is -0.0692. The van der Waals surface area contributed by atoms with Crippen molar-refractivity contribution in [1.82, 2.24) is 0 Å². The molecule has 0 spiro atoms. The second kappa shape index (κ2) is 10.3. The molecule has 0 saturated heterocycles. The van der Waals surface area contributed by atoms with Crippen LogP contribution in [0, 0.1) is 0 Å². The van der Waals surface area contributed by atoms with Gasteiger partial charge in [-0.2, -0.15) is 13.2 Å². The second-order valence-electron chi connectivity index (χ2n) is 6.63. The fourth-order valence-electron chi connectivity index (χ4n) is 3.18. The normalized spacial score (nSPS) is 11.1. The number of rotatable bonds is 7. The Morgan fingerprint density at radius 2 is 1.39 bits per heavy atom. The van der Waals surface area contributed by atoms with Crippen LogP contribution in [-0.2, 0) is 16.0 Å². The highest BCUT2D eigenvalue weighted by Crippen LogP contribution is 2.42. The summed E-state index contributed by atoms with van der Waals surface area (Å²) in [6.07, 6.45) is -4.35. The topological polar surface area (TPSA) is 29.1 Å². The molecule has 6 heteroatoms. The second-order valence-corrected chi connectivity index (χ2v) is 8.84. The molecule has 0 bridgehead atoms. The van der Waals surface area contributed by atoms with E-state index in [1.807, 2.05) is 66.4 Å². The highest BCUT2D eigenvalue weighted by atomic mass is 31.1. The van der Waals surface area contributed by atoms with Crippen molar-refractivity contribution >= 4 is 24.1 Å². The molecular formula is C25H21F3O2P. The van der Waals surface area contributed by atoms with Crippen LogP contribution in [0.1, 0.15) is 18.1 Å². The van der Waals surface area contributed by atoms with E-state index in [-0.39, 0.29) is 12.2 Å². The summed E-state index contributed by atoms with van der Waals surface area (Å²) in [5.41, 5.74) is 1.24. The van der Waals surface area contributed by atoms with Crippen LogP contribution in [0.5, 0.6) is 0 Å². The molecule has 0 unspecified atom stereocenters. The van der Waals surface area contributed by atoms with Gasteiger partial charge in [-0.25, -0.2) is 5.11 Å². The SMILES string of the molecule is CCOC([O])=C=C(c1ccccc1CP(c1ccccc1)c1ccccc1)C(F)(F)F. The number of alkyl halides is 3. The Morgan fingerprint density at radius 3 is 1.90 bits per heavy atom. The molecule has 0 heterocycles. The van der Waals surface area contributed by atoms with Crippen LogP contribution in [0.4, 0.5) is 13.2 Å². The van der Waals surface area contributed by atoms with Crippen molar-refractivity contribution in [3.63, 3.8) is 0 Å². The average molecular weight is 441 g/mol. The van der Waals surface area contributed by atoms with Crippen LogP contribution in [-0.4, -0.2) is 12.8 Å². The number of halogens is 3. The molecule has 0 aliphatic carbocycles. The first kappa shape index (κ1) is 22.7. The summed E-state index contributed by atoms with van der Waals surface area (Å²) in [6, 6.07) is 25.8. The van der Waals surface area contributed by atoms with E-state index in [2.05, 4.69) is 4.74 Å². The van der Waals surface area contributed by atoms with E-state index < -0.39 is 25.6 Å². The number of hydrogen-bond acceptors (Lipinski definition) is 1. The summed E-state index contributed by atoms with van der Waals surface area (Å²) in [5, 5.41) is 13.9. The van der Waals surface area contributed by atoms with Crippen molar-refractivity contribution in [2.45, 2.75) is 19.3 Å². The Morgan fingerprint density at radius 1 is 0.871 bits per heavy atom. The zero-order chi connectivity index (χ0) is 22.3. The predicted molar refractivity (Wildman–Crippen MR) is 118 cm³/mol. The zero-order valence-electron chi connectivity index (χ0n) is 16.9. The number of allylic oxidation sites excluding steroid dienone is 1. The molecule has 0 aliphatic rings. The molecule has 0 saturated carbocycles. The molecule has 31 heavy (non-hydrogen) atoms. The van der Waals surface area contributed by atoms with Gasteiger partial charge in [0.2, 0.25) is 0 Å². The molecule has 2 nitrogen and oxygen atoms in total. The maximum atomic E-state index is 13.9. The van der Waals surface area contributed by atoms with E-state index in [1.54, 1.807) is 12.1 Å². The van der Waals surface area contributed by atoms with E-state index >= 15 is 0 Å². The minimum absolute atomic E-state index is 0.0219. The van der Waals surface area contributed by atoms with Crippen LogP contribution in [0.3, 0.4) is 0 Å². The summed E-state index contributed by atoms with van der Waals surface area (Å²) >= 11 is 0. The van der Waals surface area contributed by atoms with Gasteiger partial charge in [-0.1, -0.05) is 84.9 Å². The Balaban J connectivity index is 2.12. The molecule has 0 fully saturated rings. The molecule has 159 valence electrons. The van der Waals surface area contributed by atoms with Crippen molar-refractivity contribution in [2.75, 3.05) is 6.61 Å². The summed E-state index contributed by atoms with van der Waals surface area (Å²) in [7, 11) is -0.956. The molecule has 3 rings (SSSR count). The summed E-state index contributed by atoms with van der Waals surface area (Å²) in [6.45, 7) is 1.51. The van der Waals surface area contributed by atoms with Crippen LogP contribution < -0.4 is 10.6 Å².